The number of carbonyl (C=O) groups excluding carboxylic acids is 1. The van der Waals surface area contributed by atoms with Crippen molar-refractivity contribution in [2.45, 2.75) is 25.0 Å². The lowest BCUT2D eigenvalue weighted by atomic mass is 10.2. The van der Waals surface area contributed by atoms with E-state index in [-0.39, 0.29) is 12.0 Å². The van der Waals surface area contributed by atoms with Crippen molar-refractivity contribution in [3.05, 3.63) is 27.7 Å². The van der Waals surface area contributed by atoms with Crippen LogP contribution in [0.2, 0.25) is 5.02 Å². The van der Waals surface area contributed by atoms with E-state index in [9.17, 15) is 4.79 Å². The third-order valence-corrected chi connectivity index (χ3v) is 3.65. The van der Waals surface area contributed by atoms with E-state index in [0.717, 1.165) is 10.9 Å². The summed E-state index contributed by atoms with van der Waals surface area (Å²) >= 11 is 9.36. The monoisotopic (exact) mass is 348 g/mol. The number of benzene rings is 1. The molecule has 2 unspecified atom stereocenters. The van der Waals surface area contributed by atoms with Crippen molar-refractivity contribution in [3.8, 4) is 5.75 Å². The maximum absolute atomic E-state index is 11.3. The fraction of sp³-hybridized carbons (Fsp3) is 0.417. The number of rotatable bonds is 4. The van der Waals surface area contributed by atoms with Gasteiger partial charge in [-0.2, -0.15) is 0 Å². The lowest BCUT2D eigenvalue weighted by molar-refractivity contribution is -0.132. The molecule has 1 amide bonds. The predicted octanol–water partition coefficient (Wildman–Crippen LogP) is 2.02. The van der Waals surface area contributed by atoms with Gasteiger partial charge in [0.15, 0.2) is 0 Å². The fourth-order valence-electron chi connectivity index (χ4n) is 1.89. The summed E-state index contributed by atoms with van der Waals surface area (Å²) in [6.45, 7) is 0.357. The predicted molar refractivity (Wildman–Crippen MR) is 74.9 cm³/mol. The van der Waals surface area contributed by atoms with Crippen molar-refractivity contribution in [1.29, 1.82) is 0 Å². The first-order valence-electron chi connectivity index (χ1n) is 5.84. The highest BCUT2D eigenvalue weighted by molar-refractivity contribution is 9.10. The molecule has 1 saturated heterocycles. The van der Waals surface area contributed by atoms with Gasteiger partial charge in [-0.25, -0.2) is 5.84 Å². The van der Waals surface area contributed by atoms with Crippen LogP contribution in [0, 0.1) is 0 Å². The SMILES string of the molecule is NNC(=O)C1CCC(COc2ccc(Br)cc2Cl)O1. The minimum atomic E-state index is -0.487. The highest BCUT2D eigenvalue weighted by atomic mass is 79.9. The molecule has 1 heterocycles. The number of amides is 1. The molecule has 1 aliphatic heterocycles. The molecule has 1 aromatic carbocycles. The average Bonchev–Trinajstić information content (AvgIpc) is 2.85. The van der Waals surface area contributed by atoms with Gasteiger partial charge in [0.1, 0.15) is 18.5 Å². The highest BCUT2D eigenvalue weighted by Crippen LogP contribution is 2.29. The Morgan fingerprint density at radius 1 is 1.58 bits per heavy atom. The van der Waals surface area contributed by atoms with Gasteiger partial charge >= 0.3 is 0 Å². The largest absolute Gasteiger partial charge is 0.489 e. The third kappa shape index (κ3) is 3.82. The zero-order valence-electron chi connectivity index (χ0n) is 10.1. The van der Waals surface area contributed by atoms with E-state index >= 15 is 0 Å². The quantitative estimate of drug-likeness (QED) is 0.495. The number of hydrogen-bond donors (Lipinski definition) is 2. The van der Waals surface area contributed by atoms with Crippen LogP contribution in [0.5, 0.6) is 5.75 Å². The summed E-state index contributed by atoms with van der Waals surface area (Å²) in [4.78, 5) is 11.3. The molecule has 0 saturated carbocycles. The van der Waals surface area contributed by atoms with Gasteiger partial charge in [-0.1, -0.05) is 27.5 Å². The summed E-state index contributed by atoms with van der Waals surface area (Å²) in [5.74, 6) is 5.36. The zero-order chi connectivity index (χ0) is 13.8. The van der Waals surface area contributed by atoms with E-state index in [4.69, 9.17) is 26.9 Å². The van der Waals surface area contributed by atoms with Crippen LogP contribution in [-0.4, -0.2) is 24.7 Å². The van der Waals surface area contributed by atoms with Gasteiger partial charge in [0.2, 0.25) is 0 Å². The molecule has 3 N–H and O–H groups in total. The minimum Gasteiger partial charge on any atom is -0.489 e. The Balaban J connectivity index is 1.85. The van der Waals surface area contributed by atoms with Crippen LogP contribution >= 0.6 is 27.5 Å². The first-order chi connectivity index (χ1) is 9.10. The number of hydrogen-bond acceptors (Lipinski definition) is 4. The average molecular weight is 350 g/mol. The van der Waals surface area contributed by atoms with Crippen molar-refractivity contribution >= 4 is 33.4 Å². The maximum Gasteiger partial charge on any atom is 0.263 e. The molecule has 1 aromatic rings. The number of nitrogens with two attached hydrogens (primary N) is 1. The van der Waals surface area contributed by atoms with Gasteiger partial charge < -0.3 is 9.47 Å². The molecule has 7 heteroatoms. The third-order valence-electron chi connectivity index (χ3n) is 2.86. The Bertz CT molecular complexity index is 472. The summed E-state index contributed by atoms with van der Waals surface area (Å²) < 4.78 is 12.0. The van der Waals surface area contributed by atoms with Gasteiger partial charge in [0.05, 0.1) is 11.1 Å². The molecule has 0 aromatic heterocycles. The standard InChI is InChI=1S/C12H14BrClN2O3/c13-7-1-3-10(9(14)5-7)18-6-8-2-4-11(19-8)12(17)16-15/h1,3,5,8,11H,2,4,6,15H2,(H,16,17). The van der Waals surface area contributed by atoms with E-state index in [2.05, 4.69) is 21.4 Å². The smallest absolute Gasteiger partial charge is 0.263 e. The lowest BCUT2D eigenvalue weighted by Gasteiger charge is -2.14. The van der Waals surface area contributed by atoms with E-state index in [1.807, 2.05) is 6.07 Å². The molecular weight excluding hydrogens is 336 g/mol. The normalized spacial score (nSPS) is 22.3. The molecular formula is C12H14BrClN2O3. The van der Waals surface area contributed by atoms with Crippen molar-refractivity contribution < 1.29 is 14.3 Å². The fourth-order valence-corrected chi connectivity index (χ4v) is 2.62. The van der Waals surface area contributed by atoms with Crippen molar-refractivity contribution in [1.82, 2.24) is 5.43 Å². The van der Waals surface area contributed by atoms with Crippen molar-refractivity contribution in [3.63, 3.8) is 0 Å². The van der Waals surface area contributed by atoms with E-state index in [0.29, 0.717) is 23.8 Å². The second kappa shape index (κ2) is 6.56. The van der Waals surface area contributed by atoms with Crippen LogP contribution in [0.1, 0.15) is 12.8 Å². The minimum absolute atomic E-state index is 0.123. The van der Waals surface area contributed by atoms with Gasteiger partial charge in [-0.3, -0.25) is 10.2 Å². The van der Waals surface area contributed by atoms with Crippen LogP contribution in [0.15, 0.2) is 22.7 Å². The lowest BCUT2D eigenvalue weighted by Crippen LogP contribution is -2.39. The summed E-state index contributed by atoms with van der Waals surface area (Å²) in [6.07, 6.45) is 0.790. The number of ether oxygens (including phenoxy) is 2. The molecule has 2 atom stereocenters. The van der Waals surface area contributed by atoms with E-state index in [1.54, 1.807) is 12.1 Å². The Hall–Kier alpha value is -0.820. The molecule has 1 fully saturated rings. The molecule has 0 spiro atoms. The van der Waals surface area contributed by atoms with Gasteiger partial charge in [-0.15, -0.1) is 0 Å². The summed E-state index contributed by atoms with van der Waals surface area (Å²) in [6, 6.07) is 5.39. The first kappa shape index (κ1) is 14.6. The van der Waals surface area contributed by atoms with E-state index in [1.165, 1.54) is 0 Å². The molecule has 5 nitrogen and oxygen atoms in total. The molecule has 0 bridgehead atoms. The highest BCUT2D eigenvalue weighted by Gasteiger charge is 2.30. The van der Waals surface area contributed by atoms with Crippen molar-refractivity contribution in [2.75, 3.05) is 6.61 Å². The topological polar surface area (TPSA) is 73.6 Å². The summed E-state index contributed by atoms with van der Waals surface area (Å²) in [5, 5.41) is 0.531. The van der Waals surface area contributed by atoms with Crippen LogP contribution in [0.4, 0.5) is 0 Å². The van der Waals surface area contributed by atoms with Crippen LogP contribution in [-0.2, 0) is 9.53 Å². The van der Waals surface area contributed by atoms with Gasteiger partial charge in [-0.05, 0) is 31.0 Å². The molecule has 104 valence electrons. The first-order valence-corrected chi connectivity index (χ1v) is 7.01. The molecule has 19 heavy (non-hydrogen) atoms. The second-order valence-corrected chi connectivity index (χ2v) is 5.54. The Morgan fingerprint density at radius 2 is 2.37 bits per heavy atom. The molecule has 2 rings (SSSR count). The number of halogens is 2. The number of carbonyl (C=O) groups is 1. The van der Waals surface area contributed by atoms with Crippen LogP contribution < -0.4 is 16.0 Å². The Labute approximate surface area is 124 Å². The molecule has 1 aliphatic rings. The second-order valence-electron chi connectivity index (χ2n) is 4.22. The summed E-state index contributed by atoms with van der Waals surface area (Å²) in [7, 11) is 0. The Morgan fingerprint density at radius 3 is 3.05 bits per heavy atom. The van der Waals surface area contributed by atoms with Gasteiger partial charge in [0.25, 0.3) is 5.91 Å². The van der Waals surface area contributed by atoms with Crippen LogP contribution in [0.25, 0.3) is 0 Å². The molecule has 0 radical (unpaired) electrons. The zero-order valence-corrected chi connectivity index (χ0v) is 12.4. The maximum atomic E-state index is 11.3. The molecule has 0 aliphatic carbocycles. The van der Waals surface area contributed by atoms with Crippen molar-refractivity contribution in [2.24, 2.45) is 5.84 Å². The number of hydrazine groups is 1. The summed E-state index contributed by atoms with van der Waals surface area (Å²) in [5.41, 5.74) is 2.09. The van der Waals surface area contributed by atoms with E-state index < -0.39 is 6.10 Å². The number of nitrogens with one attached hydrogen (secondary N) is 1. The van der Waals surface area contributed by atoms with Gasteiger partial charge in [0, 0.05) is 4.47 Å². The Kier molecular flexibility index (Phi) is 5.04. The van der Waals surface area contributed by atoms with Crippen LogP contribution in [0.3, 0.4) is 0 Å².